The third-order valence-corrected chi connectivity index (χ3v) is 7.65. The number of sulfonamides is 1. The molecule has 166 valence electrons. The zero-order valence-corrected chi connectivity index (χ0v) is 18.8. The smallest absolute Gasteiger partial charge is 0.271 e. The molecule has 12 heteroatoms. The molecule has 2 aromatic rings. The predicted octanol–water partition coefficient (Wildman–Crippen LogP) is 3.24. The van der Waals surface area contributed by atoms with Gasteiger partial charge in [-0.3, -0.25) is 19.8 Å². The summed E-state index contributed by atoms with van der Waals surface area (Å²) >= 11 is 12.0. The SMILES string of the molecule is C[C@H](C(=O)Nc1cccc([N+](=O)[O-])c1)N1CCN(S(=O)(=O)c2cc(Cl)ccc2Cl)CC1. The van der Waals surface area contributed by atoms with E-state index < -0.39 is 21.0 Å². The molecular weight excluding hydrogens is 467 g/mol. The van der Waals surface area contributed by atoms with Gasteiger partial charge in [0.25, 0.3) is 5.69 Å². The Morgan fingerprint density at radius 2 is 1.81 bits per heavy atom. The lowest BCUT2D eigenvalue weighted by Gasteiger charge is -2.36. The number of halogens is 2. The van der Waals surface area contributed by atoms with Crippen LogP contribution in [0.3, 0.4) is 0 Å². The van der Waals surface area contributed by atoms with E-state index in [9.17, 15) is 23.3 Å². The number of piperazine rings is 1. The zero-order chi connectivity index (χ0) is 22.8. The van der Waals surface area contributed by atoms with E-state index >= 15 is 0 Å². The van der Waals surface area contributed by atoms with E-state index in [0.29, 0.717) is 18.8 Å². The summed E-state index contributed by atoms with van der Waals surface area (Å²) in [6, 6.07) is 9.39. The molecular formula is C19H20Cl2N4O5S. The van der Waals surface area contributed by atoms with Crippen molar-refractivity contribution in [1.29, 1.82) is 0 Å². The molecule has 2 aromatic carbocycles. The lowest BCUT2D eigenvalue weighted by Crippen LogP contribution is -2.53. The van der Waals surface area contributed by atoms with Crippen LogP contribution in [0, 0.1) is 10.1 Å². The maximum atomic E-state index is 12.9. The number of nitrogens with one attached hydrogen (secondary N) is 1. The number of carbonyl (C=O) groups excluding carboxylic acids is 1. The fourth-order valence-electron chi connectivity index (χ4n) is 3.25. The van der Waals surface area contributed by atoms with Crippen LogP contribution in [0.25, 0.3) is 0 Å². The highest BCUT2D eigenvalue weighted by Gasteiger charge is 2.33. The number of carbonyl (C=O) groups is 1. The van der Waals surface area contributed by atoms with Crippen molar-refractivity contribution in [2.45, 2.75) is 17.9 Å². The molecule has 0 bridgehead atoms. The maximum Gasteiger partial charge on any atom is 0.271 e. The lowest BCUT2D eigenvalue weighted by molar-refractivity contribution is -0.384. The van der Waals surface area contributed by atoms with Gasteiger partial charge in [-0.1, -0.05) is 29.3 Å². The molecule has 1 atom stereocenters. The molecule has 9 nitrogen and oxygen atoms in total. The normalized spacial score (nSPS) is 16.6. The minimum Gasteiger partial charge on any atom is -0.324 e. The highest BCUT2D eigenvalue weighted by Crippen LogP contribution is 2.28. The molecule has 0 aromatic heterocycles. The Labute approximate surface area is 189 Å². The second-order valence-corrected chi connectivity index (χ2v) is 9.74. The van der Waals surface area contributed by atoms with Crippen molar-refractivity contribution in [2.24, 2.45) is 0 Å². The summed E-state index contributed by atoms with van der Waals surface area (Å²) in [7, 11) is -3.82. The first-order valence-electron chi connectivity index (χ1n) is 9.34. The van der Waals surface area contributed by atoms with Crippen molar-refractivity contribution in [1.82, 2.24) is 9.21 Å². The summed E-state index contributed by atoms with van der Waals surface area (Å²) in [5, 5.41) is 13.9. The van der Waals surface area contributed by atoms with Crippen LogP contribution < -0.4 is 5.32 Å². The van der Waals surface area contributed by atoms with Gasteiger partial charge in [-0.2, -0.15) is 4.31 Å². The van der Waals surface area contributed by atoms with Crippen molar-refractivity contribution in [3.05, 3.63) is 62.6 Å². The minimum atomic E-state index is -3.82. The Morgan fingerprint density at radius 3 is 2.45 bits per heavy atom. The summed E-state index contributed by atoms with van der Waals surface area (Å²) in [6.07, 6.45) is 0. The van der Waals surface area contributed by atoms with Gasteiger partial charge in [0.1, 0.15) is 4.90 Å². The first kappa shape index (κ1) is 23.4. The Bertz CT molecular complexity index is 1100. The predicted molar refractivity (Wildman–Crippen MR) is 118 cm³/mol. The molecule has 1 saturated heterocycles. The molecule has 1 amide bonds. The van der Waals surface area contributed by atoms with Crippen LogP contribution in [0.1, 0.15) is 6.92 Å². The Hall–Kier alpha value is -2.24. The van der Waals surface area contributed by atoms with Crippen LogP contribution >= 0.6 is 23.2 Å². The standard InChI is InChI=1S/C19H20Cl2N4O5S/c1-13(19(26)22-15-3-2-4-16(12-15)25(27)28)23-7-9-24(10-8-23)31(29,30)18-11-14(20)5-6-17(18)21/h2-6,11-13H,7-10H2,1H3,(H,22,26)/t13-/m1/s1. The summed E-state index contributed by atoms with van der Waals surface area (Å²) in [6.45, 7) is 2.73. The molecule has 0 spiro atoms. The molecule has 1 aliphatic heterocycles. The Morgan fingerprint density at radius 1 is 1.13 bits per heavy atom. The highest BCUT2D eigenvalue weighted by atomic mass is 35.5. The summed E-state index contributed by atoms with van der Waals surface area (Å²) < 4.78 is 27.2. The van der Waals surface area contributed by atoms with Crippen molar-refractivity contribution in [3.8, 4) is 0 Å². The summed E-state index contributed by atoms with van der Waals surface area (Å²) in [5.41, 5.74) is 0.201. The number of benzene rings is 2. The lowest BCUT2D eigenvalue weighted by atomic mass is 10.2. The largest absolute Gasteiger partial charge is 0.324 e. The van der Waals surface area contributed by atoms with E-state index in [4.69, 9.17) is 23.2 Å². The van der Waals surface area contributed by atoms with E-state index in [1.54, 1.807) is 13.0 Å². The van der Waals surface area contributed by atoms with Crippen LogP contribution in [-0.2, 0) is 14.8 Å². The quantitative estimate of drug-likeness (QED) is 0.495. The van der Waals surface area contributed by atoms with E-state index in [-0.39, 0.29) is 39.6 Å². The average Bonchev–Trinajstić information content (AvgIpc) is 2.75. The maximum absolute atomic E-state index is 12.9. The molecule has 1 aliphatic rings. The van der Waals surface area contributed by atoms with E-state index in [1.807, 2.05) is 4.90 Å². The molecule has 31 heavy (non-hydrogen) atoms. The second-order valence-electron chi connectivity index (χ2n) is 6.99. The van der Waals surface area contributed by atoms with Gasteiger partial charge in [0.05, 0.1) is 16.0 Å². The van der Waals surface area contributed by atoms with Gasteiger partial charge in [0.2, 0.25) is 15.9 Å². The van der Waals surface area contributed by atoms with Gasteiger partial charge < -0.3 is 5.32 Å². The van der Waals surface area contributed by atoms with Gasteiger partial charge in [-0.05, 0) is 31.2 Å². The van der Waals surface area contributed by atoms with Crippen LogP contribution in [0.5, 0.6) is 0 Å². The topological polar surface area (TPSA) is 113 Å². The van der Waals surface area contributed by atoms with Crippen LogP contribution in [0.2, 0.25) is 10.0 Å². The van der Waals surface area contributed by atoms with Crippen molar-refractivity contribution in [2.75, 3.05) is 31.5 Å². The number of nitrogens with zero attached hydrogens (tertiary/aromatic N) is 3. The van der Waals surface area contributed by atoms with Crippen molar-refractivity contribution >= 4 is 50.5 Å². The Kier molecular flexibility index (Phi) is 7.17. The number of non-ortho nitro benzene ring substituents is 1. The van der Waals surface area contributed by atoms with Crippen LogP contribution in [0.4, 0.5) is 11.4 Å². The van der Waals surface area contributed by atoms with Crippen molar-refractivity contribution < 1.29 is 18.1 Å². The molecule has 0 aliphatic carbocycles. The highest BCUT2D eigenvalue weighted by molar-refractivity contribution is 7.89. The average molecular weight is 487 g/mol. The number of amides is 1. The monoisotopic (exact) mass is 486 g/mol. The first-order valence-corrected chi connectivity index (χ1v) is 11.5. The number of hydrogen-bond acceptors (Lipinski definition) is 6. The van der Waals surface area contributed by atoms with Crippen molar-refractivity contribution in [3.63, 3.8) is 0 Å². The Balaban J connectivity index is 1.63. The third kappa shape index (κ3) is 5.34. The van der Waals surface area contributed by atoms with E-state index in [1.165, 1.54) is 40.7 Å². The molecule has 3 rings (SSSR count). The first-order chi connectivity index (χ1) is 14.6. The minimum absolute atomic E-state index is 0.0495. The van der Waals surface area contributed by atoms with Gasteiger partial charge in [0, 0.05) is 49.0 Å². The summed E-state index contributed by atoms with van der Waals surface area (Å²) in [5.74, 6) is -0.338. The fraction of sp³-hybridized carbons (Fsp3) is 0.316. The molecule has 0 radical (unpaired) electrons. The van der Waals surface area contributed by atoms with Crippen LogP contribution in [0.15, 0.2) is 47.4 Å². The zero-order valence-electron chi connectivity index (χ0n) is 16.5. The van der Waals surface area contributed by atoms with Gasteiger partial charge >= 0.3 is 0 Å². The van der Waals surface area contributed by atoms with Gasteiger partial charge in [0.15, 0.2) is 0 Å². The summed E-state index contributed by atoms with van der Waals surface area (Å²) in [4.78, 5) is 24.7. The van der Waals surface area contributed by atoms with E-state index in [2.05, 4.69) is 5.32 Å². The molecule has 0 unspecified atom stereocenters. The van der Waals surface area contributed by atoms with Gasteiger partial charge in [-0.15, -0.1) is 0 Å². The fourth-order valence-corrected chi connectivity index (χ4v) is 5.41. The number of hydrogen-bond donors (Lipinski definition) is 1. The molecule has 0 saturated carbocycles. The number of anilines is 1. The van der Waals surface area contributed by atoms with Gasteiger partial charge in [-0.25, -0.2) is 8.42 Å². The number of nitro groups is 1. The molecule has 1 heterocycles. The second kappa shape index (κ2) is 9.49. The van der Waals surface area contributed by atoms with E-state index in [0.717, 1.165) is 0 Å². The number of nitro benzene ring substituents is 1. The number of rotatable bonds is 6. The molecule has 1 N–H and O–H groups in total. The molecule has 1 fully saturated rings. The van der Waals surface area contributed by atoms with Crippen LogP contribution in [-0.4, -0.2) is 60.7 Å². The third-order valence-electron chi connectivity index (χ3n) is 5.04.